The molecule has 0 bridgehead atoms. The minimum Gasteiger partial charge on any atom is -0.497 e. The third-order valence-electron chi connectivity index (χ3n) is 5.99. The van der Waals surface area contributed by atoms with Crippen LogP contribution in [-0.4, -0.2) is 66.3 Å². The highest BCUT2D eigenvalue weighted by Crippen LogP contribution is 2.34. The second-order valence-electron chi connectivity index (χ2n) is 8.28. The van der Waals surface area contributed by atoms with E-state index in [1.54, 1.807) is 37.4 Å². The van der Waals surface area contributed by atoms with Crippen molar-refractivity contribution in [2.24, 2.45) is 5.10 Å². The van der Waals surface area contributed by atoms with Crippen molar-refractivity contribution in [2.75, 3.05) is 33.9 Å². The van der Waals surface area contributed by atoms with Crippen molar-refractivity contribution in [1.82, 2.24) is 9.91 Å². The minimum atomic E-state index is -0.471. The molecule has 0 spiro atoms. The molecule has 11 nitrogen and oxygen atoms in total. The first-order valence-electron chi connectivity index (χ1n) is 11.5. The van der Waals surface area contributed by atoms with Crippen LogP contribution in [0.5, 0.6) is 5.75 Å². The van der Waals surface area contributed by atoms with Crippen LogP contribution in [-0.2, 0) is 9.53 Å². The van der Waals surface area contributed by atoms with E-state index in [1.165, 1.54) is 41.5 Å². The predicted octanol–water partition coefficient (Wildman–Crippen LogP) is 3.66. The number of amides is 2. The third kappa shape index (κ3) is 5.84. The SMILES string of the molecule is COCCN(CC(=O)N1N=C(c2ccc([N+](=O)[O-])cc2)C[C@H]1c1ccc(OC)cc1)C(=O)c1ccco1. The minimum absolute atomic E-state index is 0.0350. The molecule has 1 aromatic heterocycles. The lowest BCUT2D eigenvalue weighted by atomic mass is 9.98. The molecule has 192 valence electrons. The van der Waals surface area contributed by atoms with Crippen molar-refractivity contribution >= 4 is 23.2 Å². The Kier molecular flexibility index (Phi) is 7.94. The molecule has 3 aromatic rings. The van der Waals surface area contributed by atoms with Gasteiger partial charge < -0.3 is 18.8 Å². The van der Waals surface area contributed by atoms with E-state index in [1.807, 2.05) is 12.1 Å². The number of nitrogens with zero attached hydrogens (tertiary/aromatic N) is 4. The lowest BCUT2D eigenvalue weighted by molar-refractivity contribution is -0.384. The van der Waals surface area contributed by atoms with Crippen molar-refractivity contribution < 1.29 is 28.4 Å². The second-order valence-corrected chi connectivity index (χ2v) is 8.28. The number of hydrogen-bond donors (Lipinski definition) is 0. The number of furan rings is 1. The number of rotatable bonds is 10. The number of carbonyl (C=O) groups excluding carboxylic acids is 2. The lowest BCUT2D eigenvalue weighted by Crippen LogP contribution is -2.42. The molecule has 0 unspecified atom stereocenters. The molecule has 0 saturated carbocycles. The summed E-state index contributed by atoms with van der Waals surface area (Å²) in [6.07, 6.45) is 1.78. The summed E-state index contributed by atoms with van der Waals surface area (Å²) in [7, 11) is 3.08. The number of hydrogen-bond acceptors (Lipinski definition) is 8. The molecule has 0 saturated heterocycles. The first-order valence-corrected chi connectivity index (χ1v) is 11.5. The molecule has 1 aliphatic heterocycles. The maximum absolute atomic E-state index is 13.6. The van der Waals surface area contributed by atoms with E-state index >= 15 is 0 Å². The molecule has 37 heavy (non-hydrogen) atoms. The van der Waals surface area contributed by atoms with E-state index in [2.05, 4.69) is 5.10 Å². The number of non-ortho nitro benzene ring substituents is 1. The Bertz CT molecular complexity index is 1270. The maximum atomic E-state index is 13.6. The van der Waals surface area contributed by atoms with Gasteiger partial charge in [0.15, 0.2) is 5.76 Å². The highest BCUT2D eigenvalue weighted by atomic mass is 16.6. The molecule has 0 fully saturated rings. The van der Waals surface area contributed by atoms with Crippen LogP contribution < -0.4 is 4.74 Å². The van der Waals surface area contributed by atoms with Gasteiger partial charge in [0, 0.05) is 32.2 Å². The second kappa shape index (κ2) is 11.5. The van der Waals surface area contributed by atoms with Gasteiger partial charge in [-0.15, -0.1) is 0 Å². The topological polar surface area (TPSA) is 128 Å². The van der Waals surface area contributed by atoms with Crippen LogP contribution in [0.3, 0.4) is 0 Å². The van der Waals surface area contributed by atoms with E-state index in [4.69, 9.17) is 13.9 Å². The molecule has 2 amide bonds. The van der Waals surface area contributed by atoms with Gasteiger partial charge in [-0.3, -0.25) is 19.7 Å². The summed E-state index contributed by atoms with van der Waals surface area (Å²) >= 11 is 0. The number of ether oxygens (including phenoxy) is 2. The first-order chi connectivity index (χ1) is 17.9. The summed E-state index contributed by atoms with van der Waals surface area (Å²) in [6.45, 7) is 0.174. The van der Waals surface area contributed by atoms with Crippen molar-refractivity contribution in [3.05, 3.63) is 93.9 Å². The van der Waals surface area contributed by atoms with E-state index in [9.17, 15) is 19.7 Å². The lowest BCUT2D eigenvalue weighted by Gasteiger charge is -2.26. The Morgan fingerprint density at radius 2 is 1.86 bits per heavy atom. The molecule has 1 atom stereocenters. The predicted molar refractivity (Wildman–Crippen MR) is 133 cm³/mol. The zero-order valence-corrected chi connectivity index (χ0v) is 20.4. The summed E-state index contributed by atoms with van der Waals surface area (Å²) in [5.41, 5.74) is 2.06. The number of nitro groups is 1. The average Bonchev–Trinajstić information content (AvgIpc) is 3.62. The van der Waals surface area contributed by atoms with E-state index in [0.717, 1.165) is 5.56 Å². The number of benzene rings is 2. The summed E-state index contributed by atoms with van der Waals surface area (Å²) < 4.78 is 15.6. The Labute approximate surface area is 213 Å². The van der Waals surface area contributed by atoms with Crippen LogP contribution in [0.15, 0.2) is 76.4 Å². The molecule has 2 aromatic carbocycles. The molecule has 11 heteroatoms. The van der Waals surface area contributed by atoms with Crippen LogP contribution in [0.4, 0.5) is 5.69 Å². The fourth-order valence-electron chi connectivity index (χ4n) is 4.02. The van der Waals surface area contributed by atoms with Crippen LogP contribution in [0.25, 0.3) is 0 Å². The Morgan fingerprint density at radius 1 is 1.14 bits per heavy atom. The highest BCUT2D eigenvalue weighted by molar-refractivity contribution is 6.03. The van der Waals surface area contributed by atoms with Gasteiger partial charge in [0.25, 0.3) is 17.5 Å². The monoisotopic (exact) mass is 506 g/mol. The number of carbonyl (C=O) groups is 2. The van der Waals surface area contributed by atoms with Gasteiger partial charge in [0.2, 0.25) is 0 Å². The Balaban J connectivity index is 1.63. The van der Waals surface area contributed by atoms with Crippen molar-refractivity contribution in [1.29, 1.82) is 0 Å². The van der Waals surface area contributed by atoms with Gasteiger partial charge in [-0.05, 0) is 47.5 Å². The van der Waals surface area contributed by atoms with Gasteiger partial charge >= 0.3 is 0 Å². The summed E-state index contributed by atoms with van der Waals surface area (Å²) in [5, 5.41) is 17.0. The van der Waals surface area contributed by atoms with Crippen molar-refractivity contribution in [2.45, 2.75) is 12.5 Å². The number of methoxy groups -OCH3 is 2. The molecule has 0 N–H and O–H groups in total. The van der Waals surface area contributed by atoms with Crippen molar-refractivity contribution in [3.8, 4) is 5.75 Å². The largest absolute Gasteiger partial charge is 0.497 e. The molecule has 2 heterocycles. The molecule has 0 radical (unpaired) electrons. The number of nitro benzene ring substituents is 1. The van der Waals surface area contributed by atoms with Gasteiger partial charge in [0.05, 0.1) is 36.7 Å². The Hall–Kier alpha value is -4.51. The number of hydrazone groups is 1. The van der Waals surface area contributed by atoms with E-state index in [-0.39, 0.29) is 31.1 Å². The maximum Gasteiger partial charge on any atom is 0.290 e. The summed E-state index contributed by atoms with van der Waals surface area (Å²) in [6, 6.07) is 16.0. The molecular formula is C26H26N4O7. The van der Waals surface area contributed by atoms with E-state index in [0.29, 0.717) is 23.4 Å². The fraction of sp³-hybridized carbons (Fsp3) is 0.269. The van der Waals surface area contributed by atoms with Crippen LogP contribution >= 0.6 is 0 Å². The zero-order chi connectivity index (χ0) is 26.4. The standard InChI is InChI=1S/C26H26N4O7/c1-35-15-13-28(26(32)24-4-3-14-37-24)17-25(31)29-23(19-7-11-21(36-2)12-8-19)16-22(27-29)18-5-9-20(10-6-18)30(33)34/h3-12,14,23H,13,15-17H2,1-2H3/t23-/m0/s1. The van der Waals surface area contributed by atoms with Gasteiger partial charge in [-0.25, -0.2) is 5.01 Å². The van der Waals surface area contributed by atoms with Crippen LogP contribution in [0.2, 0.25) is 0 Å². The van der Waals surface area contributed by atoms with E-state index < -0.39 is 22.8 Å². The smallest absolute Gasteiger partial charge is 0.290 e. The van der Waals surface area contributed by atoms with Crippen LogP contribution in [0.1, 0.15) is 34.1 Å². The van der Waals surface area contributed by atoms with Gasteiger partial charge in [0.1, 0.15) is 12.3 Å². The molecule has 1 aliphatic rings. The Morgan fingerprint density at radius 3 is 2.46 bits per heavy atom. The zero-order valence-electron chi connectivity index (χ0n) is 20.4. The average molecular weight is 507 g/mol. The summed E-state index contributed by atoms with van der Waals surface area (Å²) in [5.74, 6) is -0.0399. The summed E-state index contributed by atoms with van der Waals surface area (Å²) in [4.78, 5) is 38.4. The normalized spacial score (nSPS) is 14.8. The fourth-order valence-corrected chi connectivity index (χ4v) is 4.02. The highest BCUT2D eigenvalue weighted by Gasteiger charge is 2.35. The third-order valence-corrected chi connectivity index (χ3v) is 5.99. The van der Waals surface area contributed by atoms with Gasteiger partial charge in [-0.2, -0.15) is 5.10 Å². The molecular weight excluding hydrogens is 480 g/mol. The van der Waals surface area contributed by atoms with Crippen LogP contribution in [0, 0.1) is 10.1 Å². The first kappa shape index (κ1) is 25.6. The van der Waals surface area contributed by atoms with Crippen molar-refractivity contribution in [3.63, 3.8) is 0 Å². The quantitative estimate of drug-likeness (QED) is 0.303. The molecule has 0 aliphatic carbocycles. The molecule has 4 rings (SSSR count). The van der Waals surface area contributed by atoms with Gasteiger partial charge in [-0.1, -0.05) is 12.1 Å².